The summed E-state index contributed by atoms with van der Waals surface area (Å²) < 4.78 is 41.0. The first kappa shape index (κ1) is 19.4. The minimum absolute atomic E-state index is 0.0553. The van der Waals surface area contributed by atoms with E-state index < -0.39 is 18.8 Å². The maximum atomic E-state index is 12.6. The van der Waals surface area contributed by atoms with E-state index in [4.69, 9.17) is 0 Å². The molecule has 2 unspecified atom stereocenters. The number of halogens is 3. The number of amides is 1. The van der Waals surface area contributed by atoms with E-state index in [1.165, 1.54) is 22.9 Å². The Morgan fingerprint density at radius 3 is 2.86 bits per heavy atom. The van der Waals surface area contributed by atoms with Gasteiger partial charge in [-0.05, 0) is 42.4 Å². The highest BCUT2D eigenvalue weighted by Gasteiger charge is 2.44. The van der Waals surface area contributed by atoms with Crippen LogP contribution in [0.25, 0.3) is 6.08 Å². The molecule has 0 saturated heterocycles. The van der Waals surface area contributed by atoms with E-state index in [-0.39, 0.29) is 23.6 Å². The lowest BCUT2D eigenvalue weighted by Gasteiger charge is -2.14. The number of fused-ring (bicyclic) bond motifs is 1. The second-order valence-electron chi connectivity index (χ2n) is 7.43. The number of nitrogens with zero attached hydrogens (tertiary/aromatic N) is 2. The number of hydrogen-bond donors (Lipinski definition) is 1. The van der Waals surface area contributed by atoms with Crippen LogP contribution in [-0.2, 0) is 11.2 Å². The van der Waals surface area contributed by atoms with Gasteiger partial charge in [0.25, 0.3) is 0 Å². The average Bonchev–Trinajstić information content (AvgIpc) is 3.36. The standard InChI is InChI=1S/C21H20F3N3O2/c1-12(18-9-26-19(10-25-18)29-11-21(22,23)24)27-20(28)17-8-16(17)15-6-5-13-3-2-4-14(13)7-15/h2-3,5-7,9-10,12,16-17H,4,8,11H2,1H3,(H,27,28)/t12-,16?,17?/m1/s1. The Hall–Kier alpha value is -2.90. The number of nitrogens with one attached hydrogen (secondary N) is 1. The number of benzene rings is 1. The minimum atomic E-state index is -4.43. The zero-order valence-electron chi connectivity index (χ0n) is 15.7. The summed E-state index contributed by atoms with van der Waals surface area (Å²) in [6.45, 7) is 0.339. The van der Waals surface area contributed by atoms with Gasteiger partial charge >= 0.3 is 6.18 Å². The Morgan fingerprint density at radius 2 is 2.14 bits per heavy atom. The highest BCUT2D eigenvalue weighted by molar-refractivity contribution is 5.83. The topological polar surface area (TPSA) is 64.1 Å². The van der Waals surface area contributed by atoms with Crippen LogP contribution in [-0.4, -0.2) is 28.7 Å². The SMILES string of the molecule is C[C@@H](NC(=O)C1CC1c1ccc2c(c1)CC=C2)c1cnc(OCC(F)(F)F)cn1. The van der Waals surface area contributed by atoms with Crippen molar-refractivity contribution in [2.45, 2.75) is 37.9 Å². The molecule has 0 aliphatic heterocycles. The fourth-order valence-corrected chi connectivity index (χ4v) is 3.54. The summed E-state index contributed by atoms with van der Waals surface area (Å²) in [6, 6.07) is 5.96. The number of ether oxygens (including phenoxy) is 1. The van der Waals surface area contributed by atoms with Crippen molar-refractivity contribution in [3.05, 3.63) is 59.1 Å². The Balaban J connectivity index is 1.31. The number of hydrogen-bond acceptors (Lipinski definition) is 4. The third kappa shape index (κ3) is 4.58. The molecule has 29 heavy (non-hydrogen) atoms. The van der Waals surface area contributed by atoms with Crippen molar-refractivity contribution in [1.82, 2.24) is 15.3 Å². The highest BCUT2D eigenvalue weighted by atomic mass is 19.4. The smallest absolute Gasteiger partial charge is 0.422 e. The molecular weight excluding hydrogens is 383 g/mol. The van der Waals surface area contributed by atoms with Crippen molar-refractivity contribution >= 4 is 12.0 Å². The van der Waals surface area contributed by atoms with Crippen LogP contribution >= 0.6 is 0 Å². The van der Waals surface area contributed by atoms with Crippen molar-refractivity contribution in [2.75, 3.05) is 6.61 Å². The third-order valence-corrected chi connectivity index (χ3v) is 5.19. The van der Waals surface area contributed by atoms with E-state index in [1.807, 2.05) is 0 Å². The molecule has 2 aromatic rings. The largest absolute Gasteiger partial charge is 0.467 e. The maximum absolute atomic E-state index is 12.6. The molecule has 1 N–H and O–H groups in total. The quantitative estimate of drug-likeness (QED) is 0.793. The maximum Gasteiger partial charge on any atom is 0.422 e. The summed E-state index contributed by atoms with van der Waals surface area (Å²) in [5, 5.41) is 2.91. The predicted octanol–water partition coefficient (Wildman–Crippen LogP) is 3.97. The van der Waals surface area contributed by atoms with Gasteiger partial charge in [-0.25, -0.2) is 4.98 Å². The van der Waals surface area contributed by atoms with Gasteiger partial charge < -0.3 is 10.1 Å². The van der Waals surface area contributed by atoms with Crippen molar-refractivity contribution in [3.63, 3.8) is 0 Å². The van der Waals surface area contributed by atoms with Gasteiger partial charge in [-0.3, -0.25) is 9.78 Å². The van der Waals surface area contributed by atoms with Crippen molar-refractivity contribution in [2.24, 2.45) is 5.92 Å². The van der Waals surface area contributed by atoms with Crippen LogP contribution in [0.1, 0.15) is 47.7 Å². The molecule has 0 bridgehead atoms. The van der Waals surface area contributed by atoms with E-state index in [9.17, 15) is 18.0 Å². The number of carbonyl (C=O) groups excluding carboxylic acids is 1. The van der Waals surface area contributed by atoms with Gasteiger partial charge in [-0.1, -0.05) is 30.4 Å². The number of alkyl halides is 3. The van der Waals surface area contributed by atoms with Gasteiger partial charge in [0.1, 0.15) is 0 Å². The molecule has 2 aliphatic rings. The molecular formula is C21H20F3N3O2. The number of carbonyl (C=O) groups is 1. The second-order valence-corrected chi connectivity index (χ2v) is 7.43. The van der Waals surface area contributed by atoms with Crippen molar-refractivity contribution < 1.29 is 22.7 Å². The van der Waals surface area contributed by atoms with Crippen molar-refractivity contribution in [1.29, 1.82) is 0 Å². The number of allylic oxidation sites excluding steroid dienone is 1. The van der Waals surface area contributed by atoms with Gasteiger partial charge in [0.2, 0.25) is 11.8 Å². The van der Waals surface area contributed by atoms with Gasteiger partial charge in [0.05, 0.1) is 24.1 Å². The summed E-state index contributed by atoms with van der Waals surface area (Å²) in [6.07, 6.45) is 3.99. The molecule has 1 aromatic carbocycles. The molecule has 1 amide bonds. The molecule has 0 spiro atoms. The van der Waals surface area contributed by atoms with Crippen LogP contribution in [0.4, 0.5) is 13.2 Å². The third-order valence-electron chi connectivity index (χ3n) is 5.19. The van der Waals surface area contributed by atoms with E-state index in [0.29, 0.717) is 5.69 Å². The van der Waals surface area contributed by atoms with Gasteiger partial charge in [0.15, 0.2) is 6.61 Å². The Bertz CT molecular complexity index is 941. The highest BCUT2D eigenvalue weighted by Crippen LogP contribution is 2.48. The second kappa shape index (κ2) is 7.50. The molecule has 1 saturated carbocycles. The average molecular weight is 403 g/mol. The van der Waals surface area contributed by atoms with Crippen LogP contribution in [0.5, 0.6) is 5.88 Å². The molecule has 1 heterocycles. The molecule has 2 aliphatic carbocycles. The lowest BCUT2D eigenvalue weighted by Crippen LogP contribution is -2.29. The van der Waals surface area contributed by atoms with Crippen molar-refractivity contribution in [3.8, 4) is 5.88 Å². The Labute approximate surface area is 166 Å². The van der Waals surface area contributed by atoms with Crippen LogP contribution in [0.15, 0.2) is 36.7 Å². The van der Waals surface area contributed by atoms with Crippen LogP contribution < -0.4 is 10.1 Å². The normalized spacial score (nSPS) is 20.8. The number of rotatable bonds is 6. The first-order valence-corrected chi connectivity index (χ1v) is 9.41. The molecule has 5 nitrogen and oxygen atoms in total. The number of aromatic nitrogens is 2. The lowest BCUT2D eigenvalue weighted by atomic mass is 10.0. The molecule has 8 heteroatoms. The first-order chi connectivity index (χ1) is 13.8. The molecule has 1 fully saturated rings. The van der Waals surface area contributed by atoms with E-state index >= 15 is 0 Å². The Morgan fingerprint density at radius 1 is 1.31 bits per heavy atom. The predicted molar refractivity (Wildman–Crippen MR) is 100 cm³/mol. The van der Waals surface area contributed by atoms with Crippen LogP contribution in [0.3, 0.4) is 0 Å². The summed E-state index contributed by atoms with van der Waals surface area (Å²) in [7, 11) is 0. The fraction of sp³-hybridized carbons (Fsp3) is 0.381. The zero-order chi connectivity index (χ0) is 20.6. The lowest BCUT2D eigenvalue weighted by molar-refractivity contribution is -0.154. The molecule has 0 radical (unpaired) electrons. The summed E-state index contributed by atoms with van der Waals surface area (Å²) >= 11 is 0. The van der Waals surface area contributed by atoms with E-state index in [2.05, 4.69) is 50.4 Å². The van der Waals surface area contributed by atoms with Gasteiger partial charge in [0, 0.05) is 5.92 Å². The minimum Gasteiger partial charge on any atom is -0.467 e. The monoisotopic (exact) mass is 403 g/mol. The zero-order valence-corrected chi connectivity index (χ0v) is 15.7. The fourth-order valence-electron chi connectivity index (χ4n) is 3.54. The molecule has 1 aromatic heterocycles. The first-order valence-electron chi connectivity index (χ1n) is 9.41. The summed E-state index contributed by atoms with van der Waals surface area (Å²) in [5.41, 5.74) is 4.18. The molecule has 152 valence electrons. The van der Waals surface area contributed by atoms with E-state index in [1.54, 1.807) is 6.92 Å². The molecule has 3 atom stereocenters. The Kier molecular flexibility index (Phi) is 5.02. The van der Waals surface area contributed by atoms with Gasteiger partial charge in [-0.2, -0.15) is 13.2 Å². The van der Waals surface area contributed by atoms with Gasteiger partial charge in [-0.15, -0.1) is 0 Å². The summed E-state index contributed by atoms with van der Waals surface area (Å²) in [5.74, 6) is -0.122. The van der Waals surface area contributed by atoms with Crippen LogP contribution in [0, 0.1) is 5.92 Å². The molecule has 4 rings (SSSR count). The summed E-state index contributed by atoms with van der Waals surface area (Å²) in [4.78, 5) is 20.4. The van der Waals surface area contributed by atoms with Crippen LogP contribution in [0.2, 0.25) is 0 Å². The van der Waals surface area contributed by atoms with E-state index in [0.717, 1.165) is 19.0 Å².